The lowest BCUT2D eigenvalue weighted by molar-refractivity contribution is -0.136. The van der Waals surface area contributed by atoms with Gasteiger partial charge in [0.15, 0.2) is 0 Å². The van der Waals surface area contributed by atoms with Crippen molar-refractivity contribution in [2.24, 2.45) is 11.8 Å². The third-order valence-electron chi connectivity index (χ3n) is 4.73. The van der Waals surface area contributed by atoms with Gasteiger partial charge in [0.25, 0.3) is 0 Å². The Morgan fingerprint density at radius 3 is 2.30 bits per heavy atom. The Bertz CT molecular complexity index is 572. The number of nitrogens with zero attached hydrogens (tertiary/aromatic N) is 2. The van der Waals surface area contributed by atoms with Crippen molar-refractivity contribution < 1.29 is 9.59 Å². The van der Waals surface area contributed by atoms with Crippen molar-refractivity contribution >= 4 is 17.5 Å². The van der Waals surface area contributed by atoms with Crippen LogP contribution in [0.2, 0.25) is 0 Å². The minimum absolute atomic E-state index is 0.00147. The van der Waals surface area contributed by atoms with Gasteiger partial charge in [0.05, 0.1) is 0 Å². The van der Waals surface area contributed by atoms with Crippen LogP contribution in [0, 0.1) is 11.8 Å². The number of piperidine rings is 1. The molecule has 1 saturated heterocycles. The molecule has 1 heterocycles. The van der Waals surface area contributed by atoms with Gasteiger partial charge in [0.2, 0.25) is 11.8 Å². The molecule has 1 saturated carbocycles. The van der Waals surface area contributed by atoms with E-state index in [2.05, 4.69) is 6.58 Å². The second-order valence-electron chi connectivity index (χ2n) is 6.45. The van der Waals surface area contributed by atoms with Crippen LogP contribution in [0.15, 0.2) is 43.0 Å². The van der Waals surface area contributed by atoms with Crippen LogP contribution in [0.5, 0.6) is 0 Å². The van der Waals surface area contributed by atoms with Gasteiger partial charge in [-0.2, -0.15) is 0 Å². The zero-order valence-electron chi connectivity index (χ0n) is 13.5. The van der Waals surface area contributed by atoms with E-state index < -0.39 is 0 Å². The van der Waals surface area contributed by atoms with Crippen LogP contribution in [0.4, 0.5) is 5.69 Å². The molecule has 0 unspecified atom stereocenters. The van der Waals surface area contributed by atoms with Crippen LogP contribution in [-0.2, 0) is 9.59 Å². The Morgan fingerprint density at radius 2 is 1.74 bits per heavy atom. The van der Waals surface area contributed by atoms with Crippen molar-refractivity contribution in [1.29, 1.82) is 0 Å². The molecule has 0 atom stereocenters. The Labute approximate surface area is 137 Å². The molecule has 1 aliphatic heterocycles. The van der Waals surface area contributed by atoms with Gasteiger partial charge in [-0.15, -0.1) is 6.58 Å². The van der Waals surface area contributed by atoms with Gasteiger partial charge in [-0.1, -0.05) is 24.3 Å². The number of carbonyl (C=O) groups is 2. The topological polar surface area (TPSA) is 40.6 Å². The minimum atomic E-state index is -0.00147. The summed E-state index contributed by atoms with van der Waals surface area (Å²) in [4.78, 5) is 28.7. The predicted molar refractivity (Wildman–Crippen MR) is 91.0 cm³/mol. The van der Waals surface area contributed by atoms with Crippen LogP contribution in [-0.4, -0.2) is 36.3 Å². The largest absolute Gasteiger partial charge is 0.342 e. The van der Waals surface area contributed by atoms with Crippen molar-refractivity contribution in [2.75, 3.05) is 24.5 Å². The average molecular weight is 312 g/mol. The van der Waals surface area contributed by atoms with Crippen LogP contribution in [0.3, 0.4) is 0 Å². The number of anilines is 1. The number of rotatable bonds is 5. The van der Waals surface area contributed by atoms with Gasteiger partial charge in [0.1, 0.15) is 0 Å². The van der Waals surface area contributed by atoms with E-state index in [9.17, 15) is 9.59 Å². The predicted octanol–water partition coefficient (Wildman–Crippen LogP) is 2.85. The lowest BCUT2D eigenvalue weighted by Crippen LogP contribution is -2.45. The zero-order chi connectivity index (χ0) is 16.2. The van der Waals surface area contributed by atoms with Crippen molar-refractivity contribution in [1.82, 2.24) is 4.90 Å². The first-order valence-corrected chi connectivity index (χ1v) is 8.47. The van der Waals surface area contributed by atoms with Crippen LogP contribution < -0.4 is 4.90 Å². The highest BCUT2D eigenvalue weighted by atomic mass is 16.2. The fraction of sp³-hybridized carbons (Fsp3) is 0.474. The molecular weight excluding hydrogens is 288 g/mol. The first-order chi connectivity index (χ1) is 11.2. The summed E-state index contributed by atoms with van der Waals surface area (Å²) in [6.07, 6.45) is 5.36. The molecule has 0 spiro atoms. The number of carbonyl (C=O) groups excluding carboxylic acids is 2. The first-order valence-electron chi connectivity index (χ1n) is 8.47. The third kappa shape index (κ3) is 3.63. The summed E-state index contributed by atoms with van der Waals surface area (Å²) < 4.78 is 0. The van der Waals surface area contributed by atoms with Gasteiger partial charge >= 0.3 is 0 Å². The van der Waals surface area contributed by atoms with Gasteiger partial charge in [0, 0.05) is 37.2 Å². The summed E-state index contributed by atoms with van der Waals surface area (Å²) in [5, 5.41) is 0. The maximum atomic E-state index is 12.9. The number of benzene rings is 1. The van der Waals surface area contributed by atoms with E-state index >= 15 is 0 Å². The van der Waals surface area contributed by atoms with Gasteiger partial charge in [-0.05, 0) is 37.8 Å². The Hall–Kier alpha value is -2.10. The summed E-state index contributed by atoms with van der Waals surface area (Å²) in [6, 6.07) is 9.73. The van der Waals surface area contributed by atoms with E-state index in [1.54, 1.807) is 11.0 Å². The Balaban J connectivity index is 1.62. The standard InChI is InChI=1S/C19H24N2O2/c1-2-12-21(17-6-4-3-5-7-17)19(23)16-10-13-20(14-11-16)18(22)15-8-9-15/h2-7,15-16H,1,8-14H2. The van der Waals surface area contributed by atoms with Crippen LogP contribution in [0.25, 0.3) is 0 Å². The molecule has 1 aromatic rings. The van der Waals surface area contributed by atoms with E-state index in [-0.39, 0.29) is 17.7 Å². The quantitative estimate of drug-likeness (QED) is 0.785. The van der Waals surface area contributed by atoms with Crippen LogP contribution in [0.1, 0.15) is 25.7 Å². The maximum absolute atomic E-state index is 12.9. The van der Waals surface area contributed by atoms with E-state index in [1.807, 2.05) is 35.2 Å². The average Bonchev–Trinajstić information content (AvgIpc) is 3.44. The van der Waals surface area contributed by atoms with Crippen molar-refractivity contribution in [3.63, 3.8) is 0 Å². The minimum Gasteiger partial charge on any atom is -0.342 e. The molecule has 0 bridgehead atoms. The second kappa shape index (κ2) is 6.99. The van der Waals surface area contributed by atoms with Crippen molar-refractivity contribution in [3.8, 4) is 0 Å². The van der Waals surface area contributed by atoms with Crippen molar-refractivity contribution in [3.05, 3.63) is 43.0 Å². The summed E-state index contributed by atoms with van der Waals surface area (Å²) in [6.45, 7) is 5.71. The Kier molecular flexibility index (Phi) is 4.79. The zero-order valence-corrected chi connectivity index (χ0v) is 13.5. The monoisotopic (exact) mass is 312 g/mol. The lowest BCUT2D eigenvalue weighted by Gasteiger charge is -2.34. The van der Waals surface area contributed by atoms with Gasteiger partial charge in [-0.25, -0.2) is 0 Å². The molecule has 0 radical (unpaired) electrons. The van der Waals surface area contributed by atoms with E-state index in [4.69, 9.17) is 0 Å². The summed E-state index contributed by atoms with van der Waals surface area (Å²) >= 11 is 0. The second-order valence-corrected chi connectivity index (χ2v) is 6.45. The Morgan fingerprint density at radius 1 is 1.09 bits per heavy atom. The molecule has 3 rings (SSSR count). The summed E-state index contributed by atoms with van der Waals surface area (Å²) in [5.74, 6) is 0.707. The molecule has 0 aromatic heterocycles. The molecule has 2 aliphatic rings. The summed E-state index contributed by atoms with van der Waals surface area (Å²) in [5.41, 5.74) is 0.911. The van der Waals surface area contributed by atoms with Gasteiger partial charge in [-0.3, -0.25) is 9.59 Å². The molecule has 1 aliphatic carbocycles. The maximum Gasteiger partial charge on any atom is 0.230 e. The fourth-order valence-electron chi connectivity index (χ4n) is 3.22. The smallest absolute Gasteiger partial charge is 0.230 e. The van der Waals surface area contributed by atoms with E-state index in [1.165, 1.54) is 0 Å². The van der Waals surface area contributed by atoms with E-state index in [0.717, 1.165) is 31.4 Å². The van der Waals surface area contributed by atoms with Gasteiger partial charge < -0.3 is 9.80 Å². The number of para-hydroxylation sites is 1. The first kappa shape index (κ1) is 15.8. The highest BCUT2D eigenvalue weighted by Gasteiger charge is 2.36. The SMILES string of the molecule is C=CCN(C(=O)C1CCN(C(=O)C2CC2)CC1)c1ccccc1. The number of hydrogen-bond acceptors (Lipinski definition) is 2. The molecule has 2 amide bonds. The van der Waals surface area contributed by atoms with Crippen molar-refractivity contribution in [2.45, 2.75) is 25.7 Å². The molecule has 2 fully saturated rings. The summed E-state index contributed by atoms with van der Waals surface area (Å²) in [7, 11) is 0. The molecular formula is C19H24N2O2. The van der Waals surface area contributed by atoms with E-state index in [0.29, 0.717) is 25.5 Å². The molecule has 4 nitrogen and oxygen atoms in total. The fourth-order valence-corrected chi connectivity index (χ4v) is 3.22. The molecule has 23 heavy (non-hydrogen) atoms. The van der Waals surface area contributed by atoms with Crippen LogP contribution >= 0.6 is 0 Å². The molecule has 1 aromatic carbocycles. The number of likely N-dealkylation sites (tertiary alicyclic amines) is 1. The normalized spacial score (nSPS) is 18.5. The number of amides is 2. The molecule has 122 valence electrons. The highest BCUT2D eigenvalue weighted by molar-refractivity contribution is 5.95. The number of hydrogen-bond donors (Lipinski definition) is 0. The third-order valence-corrected chi connectivity index (χ3v) is 4.73. The lowest BCUT2D eigenvalue weighted by atomic mass is 9.94. The molecule has 4 heteroatoms. The molecule has 0 N–H and O–H groups in total. The highest BCUT2D eigenvalue weighted by Crippen LogP contribution is 2.33.